The molecule has 0 spiro atoms. The molecule has 0 aromatic heterocycles. The number of halogens is 3. The van der Waals surface area contributed by atoms with Crippen molar-refractivity contribution in [1.29, 1.82) is 0 Å². The number of benzene rings is 1. The van der Waals surface area contributed by atoms with Gasteiger partial charge in [-0.05, 0) is 42.9 Å². The monoisotopic (exact) mass is 447 g/mol. The zero-order valence-corrected chi connectivity index (χ0v) is 18.1. The van der Waals surface area contributed by atoms with Gasteiger partial charge in [0.15, 0.2) is 24.1 Å². The fraction of sp³-hybridized carbons (Fsp3) is 0.667. The molecule has 1 aromatic carbocycles. The van der Waals surface area contributed by atoms with Crippen molar-refractivity contribution in [2.24, 2.45) is 10.9 Å². The zero-order valence-electron chi connectivity index (χ0n) is 18.1. The van der Waals surface area contributed by atoms with Crippen LogP contribution in [0.15, 0.2) is 23.2 Å². The van der Waals surface area contributed by atoms with Crippen LogP contribution in [-0.4, -0.2) is 65.9 Å². The maximum Gasteiger partial charge on any atom is 0.422 e. The van der Waals surface area contributed by atoms with Gasteiger partial charge in [0, 0.05) is 46.6 Å². The summed E-state index contributed by atoms with van der Waals surface area (Å²) in [5, 5.41) is 6.38. The van der Waals surface area contributed by atoms with Crippen LogP contribution in [0.5, 0.6) is 11.5 Å². The quantitative estimate of drug-likeness (QED) is 0.309. The summed E-state index contributed by atoms with van der Waals surface area (Å²) >= 11 is 0. The topological polar surface area (TPSA) is 73.3 Å². The highest BCUT2D eigenvalue weighted by atomic mass is 19.4. The lowest BCUT2D eigenvalue weighted by Gasteiger charge is -2.21. The molecule has 31 heavy (non-hydrogen) atoms. The van der Waals surface area contributed by atoms with Crippen LogP contribution in [0.1, 0.15) is 24.8 Å². The number of nitrogens with one attached hydrogen (secondary N) is 2. The van der Waals surface area contributed by atoms with E-state index in [1.165, 1.54) is 13.2 Å². The molecular formula is C21H32F3N3O4. The number of methoxy groups -OCH3 is 1. The highest BCUT2D eigenvalue weighted by Crippen LogP contribution is 2.29. The van der Waals surface area contributed by atoms with E-state index in [4.69, 9.17) is 18.9 Å². The first-order chi connectivity index (χ1) is 14.9. The number of ether oxygens (including phenoxy) is 4. The van der Waals surface area contributed by atoms with Crippen molar-refractivity contribution < 1.29 is 32.1 Å². The molecule has 1 heterocycles. The number of rotatable bonds is 11. The van der Waals surface area contributed by atoms with Crippen LogP contribution in [0, 0.1) is 5.92 Å². The third-order valence-electron chi connectivity index (χ3n) is 4.76. The van der Waals surface area contributed by atoms with Crippen molar-refractivity contribution in [3.05, 3.63) is 23.8 Å². The Kier molecular flexibility index (Phi) is 10.7. The minimum atomic E-state index is -4.40. The van der Waals surface area contributed by atoms with Crippen LogP contribution in [0.25, 0.3) is 0 Å². The van der Waals surface area contributed by atoms with Gasteiger partial charge in [-0.2, -0.15) is 13.2 Å². The van der Waals surface area contributed by atoms with Gasteiger partial charge in [-0.25, -0.2) is 0 Å². The Morgan fingerprint density at radius 2 is 1.97 bits per heavy atom. The largest absolute Gasteiger partial charge is 0.493 e. The van der Waals surface area contributed by atoms with Crippen LogP contribution < -0.4 is 20.1 Å². The highest BCUT2D eigenvalue weighted by molar-refractivity contribution is 5.79. The average molecular weight is 447 g/mol. The Balaban J connectivity index is 1.67. The molecule has 0 saturated carbocycles. The van der Waals surface area contributed by atoms with Gasteiger partial charge < -0.3 is 29.6 Å². The summed E-state index contributed by atoms with van der Waals surface area (Å²) in [5.74, 6) is 1.51. The number of aliphatic imine (C=N–C) groups is 1. The second-order valence-electron chi connectivity index (χ2n) is 7.23. The maximum absolute atomic E-state index is 12.4. The standard InChI is InChI=1S/C21H32F3N3O4/c1-25-20(26-8-3-9-30-14-16-6-10-29-11-7-16)27-13-17-4-5-18(19(12-17)28-2)31-15-21(22,23)24/h4-5,12,16H,3,6-11,13-15H2,1-2H3,(H2,25,26,27). The number of alkyl halides is 3. The van der Waals surface area contributed by atoms with E-state index in [-0.39, 0.29) is 11.5 Å². The van der Waals surface area contributed by atoms with Gasteiger partial charge in [-0.3, -0.25) is 4.99 Å². The van der Waals surface area contributed by atoms with E-state index in [9.17, 15) is 13.2 Å². The summed E-state index contributed by atoms with van der Waals surface area (Å²) in [6.07, 6.45) is -1.42. The van der Waals surface area contributed by atoms with Crippen LogP contribution in [0.4, 0.5) is 13.2 Å². The third kappa shape index (κ3) is 10.1. The molecule has 0 bridgehead atoms. The Bertz CT molecular complexity index is 680. The first-order valence-electron chi connectivity index (χ1n) is 10.4. The van der Waals surface area contributed by atoms with E-state index >= 15 is 0 Å². The normalized spacial score (nSPS) is 15.6. The minimum absolute atomic E-state index is 0.0480. The average Bonchev–Trinajstić information content (AvgIpc) is 2.77. The summed E-state index contributed by atoms with van der Waals surface area (Å²) in [6.45, 7) is 2.88. The Hall–Kier alpha value is -2.20. The maximum atomic E-state index is 12.4. The SMILES string of the molecule is CN=C(NCCCOCC1CCOCC1)NCc1ccc(OCC(F)(F)F)c(OC)c1. The predicted octanol–water partition coefficient (Wildman–Crippen LogP) is 3.13. The first-order valence-corrected chi connectivity index (χ1v) is 10.4. The van der Waals surface area contributed by atoms with Crippen molar-refractivity contribution in [2.45, 2.75) is 32.0 Å². The molecule has 7 nitrogen and oxygen atoms in total. The van der Waals surface area contributed by atoms with Gasteiger partial charge >= 0.3 is 6.18 Å². The second kappa shape index (κ2) is 13.3. The summed E-state index contributed by atoms with van der Waals surface area (Å²) in [6, 6.07) is 4.78. The van der Waals surface area contributed by atoms with Gasteiger partial charge in [0.2, 0.25) is 0 Å². The van der Waals surface area contributed by atoms with Crippen LogP contribution in [0.3, 0.4) is 0 Å². The molecule has 0 atom stereocenters. The molecule has 2 rings (SSSR count). The lowest BCUT2D eigenvalue weighted by Crippen LogP contribution is -2.37. The highest BCUT2D eigenvalue weighted by Gasteiger charge is 2.29. The second-order valence-corrected chi connectivity index (χ2v) is 7.23. The molecule has 2 N–H and O–H groups in total. The lowest BCUT2D eigenvalue weighted by molar-refractivity contribution is -0.153. The van der Waals surface area contributed by atoms with E-state index < -0.39 is 12.8 Å². The molecule has 1 aromatic rings. The molecule has 176 valence electrons. The van der Waals surface area contributed by atoms with E-state index in [1.54, 1.807) is 19.2 Å². The van der Waals surface area contributed by atoms with Gasteiger partial charge in [0.25, 0.3) is 0 Å². The van der Waals surface area contributed by atoms with Crippen molar-refractivity contribution in [1.82, 2.24) is 10.6 Å². The van der Waals surface area contributed by atoms with Crippen molar-refractivity contribution >= 4 is 5.96 Å². The molecule has 0 unspecified atom stereocenters. The number of guanidine groups is 1. The van der Waals surface area contributed by atoms with Crippen LogP contribution in [0.2, 0.25) is 0 Å². The Morgan fingerprint density at radius 1 is 1.19 bits per heavy atom. The molecular weight excluding hydrogens is 415 g/mol. The summed E-state index contributed by atoms with van der Waals surface area (Å²) < 4.78 is 58.1. The van der Waals surface area contributed by atoms with E-state index in [1.807, 2.05) is 0 Å². The zero-order chi connectivity index (χ0) is 22.5. The minimum Gasteiger partial charge on any atom is -0.493 e. The molecule has 1 fully saturated rings. The summed E-state index contributed by atoms with van der Waals surface area (Å²) in [7, 11) is 3.06. The van der Waals surface area contributed by atoms with Crippen molar-refractivity contribution in [3.8, 4) is 11.5 Å². The number of nitrogens with zero attached hydrogens (tertiary/aromatic N) is 1. The molecule has 10 heteroatoms. The van der Waals surface area contributed by atoms with Crippen LogP contribution >= 0.6 is 0 Å². The lowest BCUT2D eigenvalue weighted by atomic mass is 10.0. The summed E-state index contributed by atoms with van der Waals surface area (Å²) in [5.41, 5.74) is 0.818. The Morgan fingerprint density at radius 3 is 2.65 bits per heavy atom. The van der Waals surface area contributed by atoms with E-state index in [2.05, 4.69) is 15.6 Å². The Labute approximate surface area is 181 Å². The fourth-order valence-corrected chi connectivity index (χ4v) is 3.05. The third-order valence-corrected chi connectivity index (χ3v) is 4.76. The molecule has 1 aliphatic rings. The van der Waals surface area contributed by atoms with Crippen LogP contribution in [-0.2, 0) is 16.0 Å². The molecule has 1 aliphatic heterocycles. The van der Waals surface area contributed by atoms with Gasteiger partial charge in [0.05, 0.1) is 7.11 Å². The van der Waals surface area contributed by atoms with Gasteiger partial charge in [-0.1, -0.05) is 6.07 Å². The first kappa shape index (κ1) is 25.1. The smallest absolute Gasteiger partial charge is 0.422 e. The number of hydrogen-bond donors (Lipinski definition) is 2. The number of hydrogen-bond acceptors (Lipinski definition) is 5. The van der Waals surface area contributed by atoms with Gasteiger partial charge in [-0.15, -0.1) is 0 Å². The molecule has 0 amide bonds. The molecule has 0 radical (unpaired) electrons. The molecule has 1 saturated heterocycles. The summed E-state index contributed by atoms with van der Waals surface area (Å²) in [4.78, 5) is 4.17. The van der Waals surface area contributed by atoms with Crippen molar-refractivity contribution in [3.63, 3.8) is 0 Å². The molecule has 0 aliphatic carbocycles. The van der Waals surface area contributed by atoms with E-state index in [0.29, 0.717) is 31.6 Å². The van der Waals surface area contributed by atoms with Crippen molar-refractivity contribution in [2.75, 3.05) is 53.7 Å². The fourth-order valence-electron chi connectivity index (χ4n) is 3.05. The predicted molar refractivity (Wildman–Crippen MR) is 112 cm³/mol. The van der Waals surface area contributed by atoms with Gasteiger partial charge in [0.1, 0.15) is 0 Å². The van der Waals surface area contributed by atoms with E-state index in [0.717, 1.165) is 44.6 Å².